The fourth-order valence-corrected chi connectivity index (χ4v) is 1.39. The zero-order valence-electron chi connectivity index (χ0n) is 10.5. The second kappa shape index (κ2) is 7.62. The molecule has 1 aromatic heterocycles. The van der Waals surface area contributed by atoms with Crippen molar-refractivity contribution in [2.45, 2.75) is 27.7 Å². The van der Waals surface area contributed by atoms with Crippen LogP contribution in [0.25, 0.3) is 11.0 Å². The molecule has 17 heavy (non-hydrogen) atoms. The Morgan fingerprint density at radius 3 is 2.18 bits per heavy atom. The van der Waals surface area contributed by atoms with Crippen LogP contribution in [0.4, 0.5) is 0 Å². The van der Waals surface area contributed by atoms with E-state index in [0.717, 1.165) is 5.52 Å². The molecule has 2 aromatic rings. The first kappa shape index (κ1) is 15.4. The van der Waals surface area contributed by atoms with Gasteiger partial charge in [-0.3, -0.25) is 0 Å². The zero-order chi connectivity index (χ0) is 13.4. The van der Waals surface area contributed by atoms with E-state index in [1.165, 1.54) is 6.07 Å². The standard InChI is InChI=1S/C8H6N2O2S.2C2H6/c11-7(12)4-1-2-5-6(3-4)10-8(13)9-5;2*1-2/h1-3H,(H,11,12)(H2,9,10,13);2*1-2H3. The molecule has 2 rings (SSSR count). The van der Waals surface area contributed by atoms with Crippen LogP contribution >= 0.6 is 12.2 Å². The lowest BCUT2D eigenvalue weighted by atomic mass is 10.2. The van der Waals surface area contributed by atoms with Crippen LogP contribution in [0.5, 0.6) is 0 Å². The Balaban J connectivity index is 0.000000581. The maximum Gasteiger partial charge on any atom is 0.335 e. The van der Waals surface area contributed by atoms with E-state index in [1.54, 1.807) is 12.1 Å². The van der Waals surface area contributed by atoms with Crippen LogP contribution in [0.2, 0.25) is 0 Å². The molecular formula is C12H18N2O2S. The topological polar surface area (TPSA) is 68.9 Å². The number of aromatic amines is 2. The van der Waals surface area contributed by atoms with Crippen molar-refractivity contribution in [3.63, 3.8) is 0 Å². The Labute approximate surface area is 106 Å². The second-order valence-corrected chi connectivity index (χ2v) is 3.05. The van der Waals surface area contributed by atoms with Crippen LogP contribution in [0.15, 0.2) is 18.2 Å². The van der Waals surface area contributed by atoms with Crippen LogP contribution in [0.1, 0.15) is 38.1 Å². The minimum atomic E-state index is -0.942. The summed E-state index contributed by atoms with van der Waals surface area (Å²) < 4.78 is 0.498. The third-order valence-electron chi connectivity index (χ3n) is 1.76. The molecule has 0 bridgehead atoms. The quantitative estimate of drug-likeness (QED) is 0.674. The van der Waals surface area contributed by atoms with Crippen molar-refractivity contribution in [1.29, 1.82) is 0 Å². The molecule has 0 saturated carbocycles. The molecule has 0 aliphatic rings. The highest BCUT2D eigenvalue weighted by Gasteiger charge is 2.03. The number of carboxylic acids is 1. The molecule has 0 saturated heterocycles. The molecule has 0 aliphatic carbocycles. The Morgan fingerprint density at radius 2 is 1.65 bits per heavy atom. The molecule has 94 valence electrons. The van der Waals surface area contributed by atoms with E-state index in [4.69, 9.17) is 17.3 Å². The molecule has 0 unspecified atom stereocenters. The predicted octanol–water partition coefficient (Wildman–Crippen LogP) is 3.98. The number of nitrogens with one attached hydrogen (secondary N) is 2. The fraction of sp³-hybridized carbons (Fsp3) is 0.333. The molecule has 0 fully saturated rings. The van der Waals surface area contributed by atoms with Gasteiger partial charge in [-0.15, -0.1) is 0 Å². The summed E-state index contributed by atoms with van der Waals surface area (Å²) in [6.45, 7) is 8.00. The second-order valence-electron chi connectivity index (χ2n) is 2.64. The SMILES string of the molecule is CC.CC.O=C(O)c1ccc2[nH]c(=S)[nH]c2c1. The summed E-state index contributed by atoms with van der Waals surface area (Å²) in [7, 11) is 0. The lowest BCUT2D eigenvalue weighted by molar-refractivity contribution is 0.0697. The van der Waals surface area contributed by atoms with Gasteiger partial charge in [-0.25, -0.2) is 4.79 Å². The Bertz CT molecular complexity index is 529. The number of benzene rings is 1. The molecule has 0 amide bonds. The van der Waals surface area contributed by atoms with Crippen molar-refractivity contribution >= 4 is 29.2 Å². The Kier molecular flexibility index (Phi) is 6.89. The van der Waals surface area contributed by atoms with Crippen LogP contribution in [-0.4, -0.2) is 21.0 Å². The molecule has 3 N–H and O–H groups in total. The van der Waals surface area contributed by atoms with Crippen molar-refractivity contribution in [3.05, 3.63) is 28.5 Å². The first-order valence-electron chi connectivity index (χ1n) is 5.62. The van der Waals surface area contributed by atoms with E-state index >= 15 is 0 Å². The van der Waals surface area contributed by atoms with Gasteiger partial charge in [0.15, 0.2) is 4.77 Å². The fourth-order valence-electron chi connectivity index (χ4n) is 1.17. The average Bonchev–Trinajstić information content (AvgIpc) is 2.73. The van der Waals surface area contributed by atoms with Gasteiger partial charge in [0.2, 0.25) is 0 Å². The molecule has 0 atom stereocenters. The molecule has 1 aromatic carbocycles. The molecule has 1 heterocycles. The van der Waals surface area contributed by atoms with E-state index in [9.17, 15) is 4.79 Å². The summed E-state index contributed by atoms with van der Waals surface area (Å²) in [5.41, 5.74) is 1.78. The highest BCUT2D eigenvalue weighted by molar-refractivity contribution is 7.71. The normalized spacial score (nSPS) is 8.71. The van der Waals surface area contributed by atoms with Crippen LogP contribution in [-0.2, 0) is 0 Å². The van der Waals surface area contributed by atoms with Crippen molar-refractivity contribution in [3.8, 4) is 0 Å². The summed E-state index contributed by atoms with van der Waals surface area (Å²) >= 11 is 4.86. The van der Waals surface area contributed by atoms with Crippen molar-refractivity contribution in [2.75, 3.05) is 0 Å². The van der Waals surface area contributed by atoms with Gasteiger partial charge < -0.3 is 15.1 Å². The first-order chi connectivity index (χ1) is 8.16. The summed E-state index contributed by atoms with van der Waals surface area (Å²) in [5.74, 6) is -0.942. The van der Waals surface area contributed by atoms with E-state index < -0.39 is 5.97 Å². The van der Waals surface area contributed by atoms with E-state index in [-0.39, 0.29) is 5.56 Å². The summed E-state index contributed by atoms with van der Waals surface area (Å²) in [6, 6.07) is 4.76. The number of aromatic nitrogens is 2. The smallest absolute Gasteiger partial charge is 0.335 e. The number of hydrogen-bond donors (Lipinski definition) is 3. The monoisotopic (exact) mass is 254 g/mol. The Hall–Kier alpha value is -1.62. The molecule has 0 spiro atoms. The van der Waals surface area contributed by atoms with Gasteiger partial charge in [0, 0.05) is 0 Å². The van der Waals surface area contributed by atoms with Crippen molar-refractivity contribution in [2.24, 2.45) is 0 Å². The number of fused-ring (bicyclic) bond motifs is 1. The minimum absolute atomic E-state index is 0.248. The van der Waals surface area contributed by atoms with E-state index in [0.29, 0.717) is 10.3 Å². The number of carboxylic acid groups (broad SMARTS) is 1. The van der Waals surface area contributed by atoms with Crippen LogP contribution in [0.3, 0.4) is 0 Å². The van der Waals surface area contributed by atoms with Crippen molar-refractivity contribution in [1.82, 2.24) is 9.97 Å². The van der Waals surface area contributed by atoms with Crippen molar-refractivity contribution < 1.29 is 9.90 Å². The lowest BCUT2D eigenvalue weighted by Crippen LogP contribution is -1.94. The highest BCUT2D eigenvalue weighted by atomic mass is 32.1. The van der Waals surface area contributed by atoms with Gasteiger partial charge in [-0.05, 0) is 30.4 Å². The van der Waals surface area contributed by atoms with Gasteiger partial charge in [-0.1, -0.05) is 27.7 Å². The largest absolute Gasteiger partial charge is 0.478 e. The molecule has 5 heteroatoms. The summed E-state index contributed by atoms with van der Waals surface area (Å²) in [6.07, 6.45) is 0. The number of aromatic carboxylic acids is 1. The van der Waals surface area contributed by atoms with Crippen LogP contribution < -0.4 is 0 Å². The molecule has 0 radical (unpaired) electrons. The van der Waals surface area contributed by atoms with Gasteiger partial charge in [0.1, 0.15) is 0 Å². The molecule has 0 aliphatic heterocycles. The number of hydrogen-bond acceptors (Lipinski definition) is 2. The third-order valence-corrected chi connectivity index (χ3v) is 1.97. The summed E-state index contributed by atoms with van der Waals surface area (Å²) in [5, 5.41) is 8.70. The van der Waals surface area contributed by atoms with Gasteiger partial charge in [0.05, 0.1) is 16.6 Å². The predicted molar refractivity (Wildman–Crippen MR) is 73.1 cm³/mol. The number of H-pyrrole nitrogens is 2. The Morgan fingerprint density at radius 1 is 1.12 bits per heavy atom. The van der Waals surface area contributed by atoms with Gasteiger partial charge in [0.25, 0.3) is 0 Å². The van der Waals surface area contributed by atoms with Crippen LogP contribution in [0, 0.1) is 4.77 Å². The molecule has 4 nitrogen and oxygen atoms in total. The zero-order valence-corrected chi connectivity index (χ0v) is 11.3. The number of carbonyl (C=O) groups is 1. The van der Waals surface area contributed by atoms with Gasteiger partial charge in [-0.2, -0.15) is 0 Å². The van der Waals surface area contributed by atoms with E-state index in [2.05, 4.69) is 9.97 Å². The number of imidazole rings is 1. The number of rotatable bonds is 1. The van der Waals surface area contributed by atoms with Gasteiger partial charge >= 0.3 is 5.97 Å². The molecular weight excluding hydrogens is 236 g/mol. The average molecular weight is 254 g/mol. The lowest BCUT2D eigenvalue weighted by Gasteiger charge is -1.92. The maximum absolute atomic E-state index is 10.6. The third kappa shape index (κ3) is 4.03. The highest BCUT2D eigenvalue weighted by Crippen LogP contribution is 2.11. The van der Waals surface area contributed by atoms with E-state index in [1.807, 2.05) is 27.7 Å². The summed E-state index contributed by atoms with van der Waals surface area (Å²) in [4.78, 5) is 16.3. The minimum Gasteiger partial charge on any atom is -0.478 e. The maximum atomic E-state index is 10.6. The first-order valence-corrected chi connectivity index (χ1v) is 6.03.